The summed E-state index contributed by atoms with van der Waals surface area (Å²) in [5.41, 5.74) is -0.0344. The molecule has 1 atom stereocenters. The second-order valence-electron chi connectivity index (χ2n) is 5.41. The predicted octanol–water partition coefficient (Wildman–Crippen LogP) is -4.37. The van der Waals surface area contributed by atoms with Crippen molar-refractivity contribution in [1.29, 1.82) is 0 Å². The number of carbonyl (C=O) groups excluding carboxylic acids is 4. The third kappa shape index (κ3) is 8.78. The quantitative estimate of drug-likeness (QED) is 0.198. The fourth-order valence-corrected chi connectivity index (χ4v) is 2.67. The maximum absolute atomic E-state index is 12.0. The van der Waals surface area contributed by atoms with Gasteiger partial charge in [-0.05, 0) is 24.3 Å². The van der Waals surface area contributed by atoms with Gasteiger partial charge in [0.05, 0.1) is 17.5 Å². The van der Waals surface area contributed by atoms with Gasteiger partial charge < -0.3 is 12.3 Å². The Morgan fingerprint density at radius 3 is 1.60 bits per heavy atom. The van der Waals surface area contributed by atoms with Crippen LogP contribution in [0.3, 0.4) is 0 Å². The molecule has 2 rings (SSSR count). The van der Waals surface area contributed by atoms with Gasteiger partial charge in [-0.1, -0.05) is 36.4 Å². The molecule has 0 aliphatic rings. The molecule has 0 saturated heterocycles. The van der Waals surface area contributed by atoms with Gasteiger partial charge in [-0.15, -0.1) is 0 Å². The van der Waals surface area contributed by atoms with Crippen molar-refractivity contribution in [2.24, 2.45) is 0 Å². The summed E-state index contributed by atoms with van der Waals surface area (Å²) in [5, 5.41) is -2.43. The zero-order chi connectivity index (χ0) is 20.7. The van der Waals surface area contributed by atoms with Gasteiger partial charge in [0.15, 0.2) is 5.25 Å². The molecule has 1 N–H and O–H groups in total. The number of ether oxygens (including phenoxy) is 2. The Balaban J connectivity index is -0.00000210. The molecule has 9 nitrogen and oxygen atoms in total. The van der Waals surface area contributed by atoms with Crippen molar-refractivity contribution in [3.05, 3.63) is 71.8 Å². The van der Waals surface area contributed by atoms with Crippen LogP contribution in [0.5, 0.6) is 0 Å². The molecule has 0 bridgehead atoms. The molecule has 0 fully saturated rings. The summed E-state index contributed by atoms with van der Waals surface area (Å²) >= 11 is 0. The van der Waals surface area contributed by atoms with E-state index in [2.05, 4.69) is 9.47 Å². The van der Waals surface area contributed by atoms with Crippen LogP contribution in [0.1, 0.15) is 30.0 Å². The van der Waals surface area contributed by atoms with Gasteiger partial charge in [-0.25, -0.2) is 9.59 Å². The van der Waals surface area contributed by atoms with Crippen molar-refractivity contribution in [1.82, 2.24) is 0 Å². The summed E-state index contributed by atoms with van der Waals surface area (Å²) in [4.78, 5) is 47.5. The third-order valence-electron chi connectivity index (χ3n) is 3.39. The van der Waals surface area contributed by atoms with E-state index in [1.165, 1.54) is 48.5 Å². The molecular weight excluding hydrogens is 438 g/mol. The summed E-state index contributed by atoms with van der Waals surface area (Å²) in [6.07, 6.45) is -1.22. The van der Waals surface area contributed by atoms with Crippen LogP contribution in [0, 0.1) is 0 Å². The molecule has 12 heteroatoms. The topological polar surface area (TPSA) is 141 Å². The molecular formula is C18H16Na2O9S. The summed E-state index contributed by atoms with van der Waals surface area (Å²) in [7, 11) is -5.13. The number of carbonyl (C=O) groups is 4. The molecule has 0 amide bonds. The first kappa shape index (κ1) is 28.6. The minimum atomic E-state index is -5.13. The van der Waals surface area contributed by atoms with Crippen LogP contribution in [-0.4, -0.2) is 42.1 Å². The van der Waals surface area contributed by atoms with Gasteiger partial charge in [0.2, 0.25) is 0 Å². The smallest absolute Gasteiger partial charge is 1.00 e. The molecule has 0 radical (unpaired) electrons. The summed E-state index contributed by atoms with van der Waals surface area (Å²) in [6, 6.07) is 14.5. The summed E-state index contributed by atoms with van der Waals surface area (Å²) in [5.74, 6) is -5.33. The Morgan fingerprint density at radius 1 is 0.800 bits per heavy atom. The van der Waals surface area contributed by atoms with E-state index >= 15 is 0 Å². The molecule has 150 valence electrons. The van der Waals surface area contributed by atoms with Crippen molar-refractivity contribution in [3.63, 3.8) is 0 Å². The molecule has 0 aromatic heterocycles. The van der Waals surface area contributed by atoms with E-state index < -0.39 is 45.7 Å². The van der Waals surface area contributed by atoms with Crippen molar-refractivity contribution in [2.75, 3.05) is 0 Å². The monoisotopic (exact) mass is 454 g/mol. The minimum Gasteiger partial charge on any atom is -1.00 e. The van der Waals surface area contributed by atoms with Crippen molar-refractivity contribution < 1.29 is 104 Å². The van der Waals surface area contributed by atoms with Crippen LogP contribution < -0.4 is 59.1 Å². The van der Waals surface area contributed by atoms with Crippen LogP contribution in [0.4, 0.5) is 0 Å². The van der Waals surface area contributed by atoms with Crippen molar-refractivity contribution >= 4 is 34.0 Å². The Morgan fingerprint density at radius 2 is 1.20 bits per heavy atom. The first-order valence-corrected chi connectivity index (χ1v) is 9.26. The standard InChI is InChI=1S/C18H14O9S.2Na.2H/c19-15(26-16(20)12-7-3-1-4-8-12)11-14(28(23,24)25)18(22)27-17(21)13-9-5-2-6-10-13;;;;/h1-10,14H,11H2,(H,23,24,25);;;;/q;2*+1;2*-1. The number of rotatable bonds is 6. The SMILES string of the molecule is O=C(CC(C(=O)OC(=O)c1ccccc1)S(=O)(=O)O)OC(=O)c1ccccc1.[H-].[H-].[Na+].[Na+]. The van der Waals surface area contributed by atoms with E-state index in [1.54, 1.807) is 12.1 Å². The fourth-order valence-electron chi connectivity index (χ4n) is 2.03. The predicted molar refractivity (Wildman–Crippen MR) is 95.9 cm³/mol. The van der Waals surface area contributed by atoms with Crippen LogP contribution in [0.15, 0.2) is 60.7 Å². The molecule has 0 aliphatic carbocycles. The number of hydrogen-bond acceptors (Lipinski definition) is 8. The van der Waals surface area contributed by atoms with Crippen molar-refractivity contribution in [3.8, 4) is 0 Å². The Kier molecular flexibility index (Phi) is 12.5. The number of benzene rings is 2. The first-order chi connectivity index (χ1) is 13.2. The summed E-state index contributed by atoms with van der Waals surface area (Å²) < 4.78 is 40.9. The first-order valence-electron chi connectivity index (χ1n) is 7.76. The van der Waals surface area contributed by atoms with E-state index in [-0.39, 0.29) is 73.1 Å². The molecule has 2 aromatic rings. The molecule has 1 unspecified atom stereocenters. The maximum atomic E-state index is 12.0. The molecule has 0 saturated carbocycles. The Bertz CT molecular complexity index is 1000. The van der Waals surface area contributed by atoms with Crippen LogP contribution in [0.25, 0.3) is 0 Å². The summed E-state index contributed by atoms with van der Waals surface area (Å²) in [6.45, 7) is 0. The Hall–Kier alpha value is -1.37. The fraction of sp³-hybridized carbons (Fsp3) is 0.111. The molecule has 0 heterocycles. The van der Waals surface area contributed by atoms with Crippen LogP contribution >= 0.6 is 0 Å². The van der Waals surface area contributed by atoms with E-state index in [4.69, 9.17) is 0 Å². The van der Waals surface area contributed by atoms with Gasteiger partial charge in [0.1, 0.15) is 0 Å². The Labute approximate surface area is 219 Å². The molecule has 30 heavy (non-hydrogen) atoms. The van der Waals surface area contributed by atoms with Gasteiger partial charge in [0.25, 0.3) is 10.1 Å². The average Bonchev–Trinajstić information content (AvgIpc) is 2.66. The largest absolute Gasteiger partial charge is 1.00 e. The van der Waals surface area contributed by atoms with E-state index in [9.17, 15) is 32.1 Å². The van der Waals surface area contributed by atoms with Gasteiger partial charge in [-0.3, -0.25) is 14.1 Å². The zero-order valence-corrected chi connectivity index (χ0v) is 21.0. The van der Waals surface area contributed by atoms with Gasteiger partial charge in [0, 0.05) is 0 Å². The van der Waals surface area contributed by atoms with E-state index in [0.29, 0.717) is 0 Å². The number of esters is 4. The van der Waals surface area contributed by atoms with Crippen LogP contribution in [-0.2, 0) is 29.2 Å². The van der Waals surface area contributed by atoms with Crippen molar-refractivity contribution in [2.45, 2.75) is 11.7 Å². The normalized spacial score (nSPS) is 11.1. The van der Waals surface area contributed by atoms with E-state index in [0.717, 1.165) is 0 Å². The molecule has 0 aliphatic heterocycles. The maximum Gasteiger partial charge on any atom is 1.00 e. The molecule has 0 spiro atoms. The zero-order valence-electron chi connectivity index (χ0n) is 18.2. The third-order valence-corrected chi connectivity index (χ3v) is 4.47. The van der Waals surface area contributed by atoms with Gasteiger partial charge >= 0.3 is 83.0 Å². The van der Waals surface area contributed by atoms with Gasteiger partial charge in [-0.2, -0.15) is 8.42 Å². The second-order valence-corrected chi connectivity index (χ2v) is 7.01. The number of hydrogen-bond donors (Lipinski definition) is 1. The van der Waals surface area contributed by atoms with Crippen LogP contribution in [0.2, 0.25) is 0 Å². The second kappa shape index (κ2) is 13.1. The molecule has 2 aromatic carbocycles. The van der Waals surface area contributed by atoms with E-state index in [1.807, 2.05) is 0 Å². The average molecular weight is 454 g/mol. The minimum absolute atomic E-state index is 0.